The molecule has 0 spiro atoms. The Morgan fingerprint density at radius 1 is 0.842 bits per heavy atom. The second kappa shape index (κ2) is 5.34. The summed E-state index contributed by atoms with van der Waals surface area (Å²) in [4.78, 5) is 5.89. The molecule has 0 saturated carbocycles. The molecular weight excluding hydrogens is 252 g/mol. The van der Waals surface area contributed by atoms with Crippen molar-refractivity contribution in [2.24, 2.45) is 5.73 Å². The first-order valence-corrected chi connectivity index (χ1v) is 7.01. The average molecular weight is 266 g/mol. The van der Waals surface area contributed by atoms with Gasteiger partial charge in [0.15, 0.2) is 0 Å². The van der Waals surface area contributed by atoms with Crippen LogP contribution in [-0.2, 0) is 6.54 Å². The van der Waals surface area contributed by atoms with Gasteiger partial charge in [0.1, 0.15) is 5.01 Å². The first-order chi connectivity index (χ1) is 9.38. The summed E-state index contributed by atoms with van der Waals surface area (Å²) >= 11 is 1.67. The van der Waals surface area contributed by atoms with Gasteiger partial charge in [0.2, 0.25) is 0 Å². The second-order valence-electron chi connectivity index (χ2n) is 4.23. The van der Waals surface area contributed by atoms with Gasteiger partial charge in [0.25, 0.3) is 0 Å². The van der Waals surface area contributed by atoms with Gasteiger partial charge < -0.3 is 5.73 Å². The minimum atomic E-state index is 0.523. The van der Waals surface area contributed by atoms with E-state index >= 15 is 0 Å². The lowest BCUT2D eigenvalue weighted by atomic mass is 10.1. The van der Waals surface area contributed by atoms with Crippen LogP contribution in [0.3, 0.4) is 0 Å². The summed E-state index contributed by atoms with van der Waals surface area (Å²) in [6.45, 7) is 0.523. The number of hydrogen-bond donors (Lipinski definition) is 1. The summed E-state index contributed by atoms with van der Waals surface area (Å²) in [5.41, 5.74) is 9.13. The Morgan fingerprint density at radius 3 is 2.00 bits per heavy atom. The minimum absolute atomic E-state index is 0.523. The molecule has 3 heteroatoms. The van der Waals surface area contributed by atoms with Crippen LogP contribution in [0.5, 0.6) is 0 Å². The predicted molar refractivity (Wildman–Crippen MR) is 80.9 cm³/mol. The number of thiazole rings is 1. The van der Waals surface area contributed by atoms with Crippen LogP contribution in [0.25, 0.3) is 21.8 Å². The molecule has 1 aromatic heterocycles. The lowest BCUT2D eigenvalue weighted by Gasteiger charge is -1.98. The molecule has 0 radical (unpaired) electrons. The zero-order valence-electron chi connectivity index (χ0n) is 10.4. The third kappa shape index (κ3) is 2.43. The van der Waals surface area contributed by atoms with Crippen LogP contribution in [-0.4, -0.2) is 4.98 Å². The largest absolute Gasteiger partial charge is 0.326 e. The second-order valence-corrected chi connectivity index (χ2v) is 5.31. The van der Waals surface area contributed by atoms with E-state index < -0.39 is 0 Å². The van der Waals surface area contributed by atoms with Crippen molar-refractivity contribution in [1.82, 2.24) is 4.98 Å². The normalized spacial score (nSPS) is 10.6. The SMILES string of the molecule is NCc1sc(-c2ccccc2)nc1-c1ccccc1. The van der Waals surface area contributed by atoms with Crippen molar-refractivity contribution in [3.63, 3.8) is 0 Å². The summed E-state index contributed by atoms with van der Waals surface area (Å²) in [5.74, 6) is 0. The molecule has 3 aromatic rings. The van der Waals surface area contributed by atoms with Crippen LogP contribution < -0.4 is 5.73 Å². The molecule has 2 nitrogen and oxygen atoms in total. The number of nitrogens with zero attached hydrogens (tertiary/aromatic N) is 1. The molecule has 0 atom stereocenters. The summed E-state index contributed by atoms with van der Waals surface area (Å²) in [6, 6.07) is 20.4. The van der Waals surface area contributed by atoms with Gasteiger partial charge in [-0.15, -0.1) is 11.3 Å². The molecule has 3 rings (SSSR count). The molecule has 0 saturated heterocycles. The van der Waals surface area contributed by atoms with Crippen LogP contribution in [0.1, 0.15) is 4.88 Å². The molecule has 19 heavy (non-hydrogen) atoms. The molecule has 0 fully saturated rings. The highest BCUT2D eigenvalue weighted by molar-refractivity contribution is 7.15. The van der Waals surface area contributed by atoms with Gasteiger partial charge in [0, 0.05) is 22.5 Å². The monoisotopic (exact) mass is 266 g/mol. The molecule has 0 aliphatic rings. The van der Waals surface area contributed by atoms with Crippen LogP contribution in [0, 0.1) is 0 Å². The molecular formula is C16H14N2S. The number of nitrogens with two attached hydrogens (primary N) is 1. The molecule has 0 aliphatic carbocycles. The molecule has 2 aromatic carbocycles. The van der Waals surface area contributed by atoms with E-state index in [4.69, 9.17) is 10.7 Å². The maximum atomic E-state index is 5.85. The van der Waals surface area contributed by atoms with Gasteiger partial charge in [-0.2, -0.15) is 0 Å². The highest BCUT2D eigenvalue weighted by Crippen LogP contribution is 2.33. The summed E-state index contributed by atoms with van der Waals surface area (Å²) in [7, 11) is 0. The van der Waals surface area contributed by atoms with Crippen LogP contribution >= 0.6 is 11.3 Å². The fourth-order valence-electron chi connectivity index (χ4n) is 2.02. The summed E-state index contributed by atoms with van der Waals surface area (Å²) < 4.78 is 0. The predicted octanol–water partition coefficient (Wildman–Crippen LogP) is 3.94. The summed E-state index contributed by atoms with van der Waals surface area (Å²) in [6.07, 6.45) is 0. The fourth-order valence-corrected chi connectivity index (χ4v) is 2.98. The quantitative estimate of drug-likeness (QED) is 0.780. The number of rotatable bonds is 3. The Hall–Kier alpha value is -1.97. The van der Waals surface area contributed by atoms with Gasteiger partial charge in [-0.05, 0) is 0 Å². The van der Waals surface area contributed by atoms with E-state index in [-0.39, 0.29) is 0 Å². The van der Waals surface area contributed by atoms with E-state index in [0.29, 0.717) is 6.54 Å². The lowest BCUT2D eigenvalue weighted by Crippen LogP contribution is -1.95. The van der Waals surface area contributed by atoms with E-state index in [0.717, 1.165) is 26.7 Å². The van der Waals surface area contributed by atoms with Crippen molar-refractivity contribution < 1.29 is 0 Å². The lowest BCUT2D eigenvalue weighted by molar-refractivity contribution is 1.10. The van der Waals surface area contributed by atoms with Crippen LogP contribution in [0.2, 0.25) is 0 Å². The van der Waals surface area contributed by atoms with Gasteiger partial charge in [-0.3, -0.25) is 0 Å². The van der Waals surface area contributed by atoms with Crippen LogP contribution in [0.15, 0.2) is 60.7 Å². The molecule has 0 aliphatic heterocycles. The topological polar surface area (TPSA) is 38.9 Å². The molecule has 2 N–H and O–H groups in total. The highest BCUT2D eigenvalue weighted by Gasteiger charge is 2.12. The first kappa shape index (κ1) is 12.1. The number of benzene rings is 2. The number of hydrogen-bond acceptors (Lipinski definition) is 3. The zero-order valence-corrected chi connectivity index (χ0v) is 11.2. The molecule has 1 heterocycles. The molecule has 94 valence electrons. The fraction of sp³-hybridized carbons (Fsp3) is 0.0625. The first-order valence-electron chi connectivity index (χ1n) is 6.19. The number of aromatic nitrogens is 1. The van der Waals surface area contributed by atoms with E-state index in [2.05, 4.69) is 24.3 Å². The third-order valence-electron chi connectivity index (χ3n) is 2.95. The Labute approximate surface area is 116 Å². The maximum Gasteiger partial charge on any atom is 0.124 e. The minimum Gasteiger partial charge on any atom is -0.326 e. The third-order valence-corrected chi connectivity index (χ3v) is 4.08. The van der Waals surface area contributed by atoms with Crippen molar-refractivity contribution in [3.05, 3.63) is 65.5 Å². The van der Waals surface area contributed by atoms with Crippen molar-refractivity contribution in [2.45, 2.75) is 6.54 Å². The average Bonchev–Trinajstić information content (AvgIpc) is 2.93. The van der Waals surface area contributed by atoms with Crippen molar-refractivity contribution in [1.29, 1.82) is 0 Å². The molecule has 0 bridgehead atoms. The smallest absolute Gasteiger partial charge is 0.124 e. The van der Waals surface area contributed by atoms with Gasteiger partial charge in [-0.25, -0.2) is 4.98 Å². The van der Waals surface area contributed by atoms with Gasteiger partial charge >= 0.3 is 0 Å². The van der Waals surface area contributed by atoms with E-state index in [1.165, 1.54) is 0 Å². The molecule has 0 amide bonds. The van der Waals surface area contributed by atoms with E-state index in [9.17, 15) is 0 Å². The van der Waals surface area contributed by atoms with Crippen LogP contribution in [0.4, 0.5) is 0 Å². The van der Waals surface area contributed by atoms with E-state index in [1.54, 1.807) is 11.3 Å². The Morgan fingerprint density at radius 2 is 1.42 bits per heavy atom. The molecule has 0 unspecified atom stereocenters. The Balaban J connectivity index is 2.09. The van der Waals surface area contributed by atoms with Crippen molar-refractivity contribution in [3.8, 4) is 21.8 Å². The van der Waals surface area contributed by atoms with Crippen molar-refractivity contribution >= 4 is 11.3 Å². The van der Waals surface area contributed by atoms with Crippen molar-refractivity contribution in [2.75, 3.05) is 0 Å². The Kier molecular flexibility index (Phi) is 3.40. The maximum absolute atomic E-state index is 5.85. The summed E-state index contributed by atoms with van der Waals surface area (Å²) in [5, 5.41) is 1.03. The van der Waals surface area contributed by atoms with E-state index in [1.807, 2.05) is 36.4 Å². The Bertz CT molecular complexity index is 660. The van der Waals surface area contributed by atoms with Gasteiger partial charge in [0.05, 0.1) is 5.69 Å². The standard InChI is InChI=1S/C16H14N2S/c17-11-14-15(12-7-3-1-4-8-12)18-16(19-14)13-9-5-2-6-10-13/h1-10H,11,17H2. The zero-order chi connectivity index (χ0) is 13.1. The highest BCUT2D eigenvalue weighted by atomic mass is 32.1. The van der Waals surface area contributed by atoms with Gasteiger partial charge in [-0.1, -0.05) is 60.7 Å².